The molecule has 2 unspecified atom stereocenters. The van der Waals surface area contributed by atoms with E-state index in [9.17, 15) is 46.6 Å². The number of rotatable bonds is 3. The minimum atomic E-state index is -5.21. The molecule has 3 fully saturated rings. The number of halogens is 6. The zero-order valence-electron chi connectivity index (χ0n) is 18.2. The molecule has 0 amide bonds. The minimum Gasteiger partial charge on any atom is -0.454 e. The van der Waals surface area contributed by atoms with E-state index in [1.54, 1.807) is 0 Å². The first-order valence-corrected chi connectivity index (χ1v) is 10.3. The third-order valence-electron chi connectivity index (χ3n) is 6.66. The molecule has 5 atom stereocenters. The van der Waals surface area contributed by atoms with E-state index >= 15 is 0 Å². The first-order chi connectivity index (χ1) is 16.5. The molecule has 3 aliphatic rings. The van der Waals surface area contributed by atoms with Gasteiger partial charge in [-0.15, -0.1) is 0 Å². The molecule has 36 heavy (non-hydrogen) atoms. The maximum Gasteiger partial charge on any atom is 0.416 e. The van der Waals surface area contributed by atoms with Gasteiger partial charge in [-0.1, -0.05) is 0 Å². The van der Waals surface area contributed by atoms with E-state index in [2.05, 4.69) is 10.6 Å². The molecule has 0 bridgehead atoms. The molecule has 4 rings (SSSR count). The van der Waals surface area contributed by atoms with E-state index in [0.29, 0.717) is 0 Å². The maximum absolute atomic E-state index is 13.2. The van der Waals surface area contributed by atoms with Crippen molar-refractivity contribution < 1.29 is 51.3 Å². The highest BCUT2D eigenvalue weighted by Crippen LogP contribution is 2.49. The van der Waals surface area contributed by atoms with Crippen LogP contribution in [0.1, 0.15) is 28.4 Å². The number of hydroxylamine groups is 2. The van der Waals surface area contributed by atoms with Crippen LogP contribution < -0.4 is 10.6 Å². The number of esters is 1. The smallest absolute Gasteiger partial charge is 0.416 e. The lowest BCUT2D eigenvalue weighted by molar-refractivity contribution is -0.228. The van der Waals surface area contributed by atoms with Gasteiger partial charge in [0, 0.05) is 0 Å². The van der Waals surface area contributed by atoms with Crippen LogP contribution in [0, 0.1) is 10.8 Å². The summed E-state index contributed by atoms with van der Waals surface area (Å²) in [5, 5.41) is 53.5. The first-order valence-electron chi connectivity index (χ1n) is 10.3. The van der Waals surface area contributed by atoms with Crippen LogP contribution in [-0.2, 0) is 17.1 Å². The number of benzene rings is 1. The molecular weight excluding hydrogens is 506 g/mol. The van der Waals surface area contributed by atoms with Crippen molar-refractivity contribution in [1.82, 2.24) is 20.6 Å². The normalized spacial score (nSPS) is 32.1. The van der Waals surface area contributed by atoms with E-state index in [1.165, 1.54) is 0 Å². The zero-order valence-corrected chi connectivity index (χ0v) is 18.2. The van der Waals surface area contributed by atoms with Gasteiger partial charge in [-0.3, -0.25) is 16.0 Å². The fourth-order valence-electron chi connectivity index (χ4n) is 4.97. The summed E-state index contributed by atoms with van der Waals surface area (Å²) in [7, 11) is 0. The molecule has 3 heterocycles. The molecular formula is C19H20F6N6O5. The van der Waals surface area contributed by atoms with Crippen LogP contribution >= 0.6 is 0 Å². The summed E-state index contributed by atoms with van der Waals surface area (Å²) in [4.78, 5) is 13.8. The van der Waals surface area contributed by atoms with Gasteiger partial charge in [0.2, 0.25) is 5.96 Å². The van der Waals surface area contributed by atoms with Gasteiger partial charge in [0.25, 0.3) is 0 Å². The molecule has 3 saturated heterocycles. The average Bonchev–Trinajstić information content (AvgIpc) is 3.17. The Morgan fingerprint density at radius 3 is 2.17 bits per heavy atom. The lowest BCUT2D eigenvalue weighted by Crippen LogP contribution is -2.80. The Morgan fingerprint density at radius 1 is 1.11 bits per heavy atom. The molecule has 1 spiro atoms. The van der Waals surface area contributed by atoms with Crippen molar-refractivity contribution in [2.75, 3.05) is 13.2 Å². The number of nitrogens with one attached hydrogen (secondary N) is 4. The summed E-state index contributed by atoms with van der Waals surface area (Å²) < 4.78 is 84.3. The van der Waals surface area contributed by atoms with Crippen LogP contribution in [0.25, 0.3) is 0 Å². The van der Waals surface area contributed by atoms with Crippen LogP contribution in [0.4, 0.5) is 26.3 Å². The van der Waals surface area contributed by atoms with Crippen molar-refractivity contribution in [2.24, 2.45) is 0 Å². The number of guanidine groups is 2. The fraction of sp³-hybridized carbons (Fsp3) is 0.526. The summed E-state index contributed by atoms with van der Waals surface area (Å²) in [6, 6.07) is -2.00. The standard InChI is InChI=1S/C19H20F6N6O5/c1-16(34)11(5-30-14(26)28-10(6-32)12-17(16,30)31(35)15(27)29-12)36-13(33)7-2-8(18(20,21)22)4-9(3-7)19(23,24)25/h2-4,10-12,32,34-35H,5-6H2,1H3,(H2,26,28)(H2,27,29)/t10-,11-,12?,16-,17?/m0/s1. The number of nitrogens with zero attached hydrogens (tertiary/aromatic N) is 2. The number of alkyl halides is 6. The van der Waals surface area contributed by atoms with Gasteiger partial charge in [-0.05, 0) is 25.1 Å². The quantitative estimate of drug-likeness (QED) is 0.220. The summed E-state index contributed by atoms with van der Waals surface area (Å²) in [6.07, 6.45) is -12.1. The molecule has 3 aliphatic heterocycles. The second kappa shape index (κ2) is 7.84. The monoisotopic (exact) mass is 526 g/mol. The maximum atomic E-state index is 13.2. The minimum absolute atomic E-state index is 0.159. The lowest BCUT2D eigenvalue weighted by Gasteiger charge is -2.53. The first kappa shape index (κ1) is 25.8. The Balaban J connectivity index is 1.73. The molecule has 11 nitrogen and oxygen atoms in total. The van der Waals surface area contributed by atoms with Crippen LogP contribution in [-0.4, -0.2) is 85.9 Å². The van der Waals surface area contributed by atoms with Gasteiger partial charge in [-0.25, -0.2) is 4.79 Å². The van der Waals surface area contributed by atoms with Gasteiger partial charge < -0.3 is 30.5 Å². The Hall–Kier alpha value is -3.31. The van der Waals surface area contributed by atoms with Gasteiger partial charge in [0.1, 0.15) is 5.60 Å². The molecule has 1 aromatic rings. The second-order valence-corrected chi connectivity index (χ2v) is 8.74. The molecule has 0 radical (unpaired) electrons. The van der Waals surface area contributed by atoms with Crippen molar-refractivity contribution in [3.8, 4) is 0 Å². The predicted octanol–water partition coefficient (Wildman–Crippen LogP) is 0.509. The number of aliphatic hydroxyl groups excluding tert-OH is 1. The van der Waals surface area contributed by atoms with Gasteiger partial charge in [0.15, 0.2) is 17.7 Å². The van der Waals surface area contributed by atoms with E-state index < -0.39 is 89.5 Å². The molecule has 1 aromatic carbocycles. The Bertz CT molecular complexity index is 1090. The van der Waals surface area contributed by atoms with Crippen molar-refractivity contribution in [3.63, 3.8) is 0 Å². The van der Waals surface area contributed by atoms with Crippen molar-refractivity contribution in [1.29, 1.82) is 10.8 Å². The number of carbonyl (C=O) groups is 1. The predicted molar refractivity (Wildman–Crippen MR) is 106 cm³/mol. The van der Waals surface area contributed by atoms with Crippen molar-refractivity contribution >= 4 is 17.9 Å². The number of hydrogen-bond donors (Lipinski definition) is 7. The summed E-state index contributed by atoms with van der Waals surface area (Å²) in [6.45, 7) is -0.111. The molecule has 198 valence electrons. The SMILES string of the molecule is C[C@]1(O)[C@@H](OC(=O)c2cc(C(F)(F)F)cc(C(F)(F)F)c2)CN2C(=N)N[C@@H](CO)C3NC(=N)N(O)C321. The van der Waals surface area contributed by atoms with Gasteiger partial charge in [-0.2, -0.15) is 31.4 Å². The summed E-state index contributed by atoms with van der Waals surface area (Å²) in [5.41, 5.74) is -9.05. The molecule has 7 N–H and O–H groups in total. The van der Waals surface area contributed by atoms with E-state index in [0.717, 1.165) is 11.8 Å². The third-order valence-corrected chi connectivity index (χ3v) is 6.66. The van der Waals surface area contributed by atoms with Crippen LogP contribution in [0.2, 0.25) is 0 Å². The third kappa shape index (κ3) is 3.52. The summed E-state index contributed by atoms with van der Waals surface area (Å²) in [5.74, 6) is -2.73. The second-order valence-electron chi connectivity index (χ2n) is 8.74. The largest absolute Gasteiger partial charge is 0.454 e. The van der Waals surface area contributed by atoms with Crippen molar-refractivity contribution in [2.45, 2.75) is 48.7 Å². The number of hydrogen-bond acceptors (Lipinski definition) is 7. The zero-order chi connectivity index (χ0) is 27.0. The fourth-order valence-corrected chi connectivity index (χ4v) is 4.97. The number of carbonyl (C=O) groups excluding carboxylic acids is 1. The molecule has 17 heteroatoms. The van der Waals surface area contributed by atoms with Crippen LogP contribution in [0.3, 0.4) is 0 Å². The highest BCUT2D eigenvalue weighted by molar-refractivity contribution is 5.91. The summed E-state index contributed by atoms with van der Waals surface area (Å²) >= 11 is 0. The highest BCUT2D eigenvalue weighted by Gasteiger charge is 2.76. The number of ether oxygens (including phenoxy) is 1. The Morgan fingerprint density at radius 2 is 1.67 bits per heavy atom. The van der Waals surface area contributed by atoms with E-state index in [-0.39, 0.29) is 23.3 Å². The highest BCUT2D eigenvalue weighted by atomic mass is 19.4. The van der Waals surface area contributed by atoms with Crippen LogP contribution in [0.15, 0.2) is 18.2 Å². The van der Waals surface area contributed by atoms with Gasteiger partial charge in [0.05, 0.1) is 41.9 Å². The van der Waals surface area contributed by atoms with E-state index in [4.69, 9.17) is 15.6 Å². The molecule has 0 aromatic heterocycles. The van der Waals surface area contributed by atoms with E-state index in [1.807, 2.05) is 0 Å². The van der Waals surface area contributed by atoms with Crippen molar-refractivity contribution in [3.05, 3.63) is 34.9 Å². The molecule has 0 saturated carbocycles. The molecule has 0 aliphatic carbocycles. The Labute approximate surface area is 198 Å². The topological polar surface area (TPSA) is 165 Å². The van der Waals surface area contributed by atoms with Gasteiger partial charge >= 0.3 is 18.3 Å². The van der Waals surface area contributed by atoms with Crippen LogP contribution in [0.5, 0.6) is 0 Å². The lowest BCUT2D eigenvalue weighted by atomic mass is 9.79. The average molecular weight is 526 g/mol. The number of aliphatic hydroxyl groups is 2. The Kier molecular flexibility index (Phi) is 5.62.